The van der Waals surface area contributed by atoms with Gasteiger partial charge >= 0.3 is 0 Å². The molecule has 0 spiro atoms. The van der Waals surface area contributed by atoms with E-state index < -0.39 is 0 Å². The molecule has 0 aliphatic carbocycles. The minimum Gasteiger partial charge on any atom is -0.351 e. The zero-order valence-corrected chi connectivity index (χ0v) is 20.4. The monoisotopic (exact) mass is 471 g/mol. The third kappa shape index (κ3) is 3.74. The summed E-state index contributed by atoms with van der Waals surface area (Å²) in [6.45, 7) is 6.36. The fraction of sp³-hybridized carbons (Fsp3) is 0.231. The van der Waals surface area contributed by atoms with Crippen LogP contribution in [-0.2, 0) is 13.6 Å². The molecule has 5 rings (SSSR count). The highest BCUT2D eigenvalue weighted by molar-refractivity contribution is 7.99. The van der Waals surface area contributed by atoms with Crippen molar-refractivity contribution in [1.29, 1.82) is 0 Å². The van der Waals surface area contributed by atoms with Crippen molar-refractivity contribution in [1.82, 2.24) is 23.7 Å². The lowest BCUT2D eigenvalue weighted by molar-refractivity contribution is 0.102. The number of rotatable bonds is 6. The topological polar surface area (TPSA) is 74.2 Å². The summed E-state index contributed by atoms with van der Waals surface area (Å²) in [7, 11) is 1.96. The van der Waals surface area contributed by atoms with Gasteiger partial charge in [-0.15, -0.1) is 10.2 Å². The molecule has 0 unspecified atom stereocenters. The van der Waals surface area contributed by atoms with E-state index >= 15 is 0 Å². The van der Waals surface area contributed by atoms with E-state index in [-0.39, 0.29) is 17.1 Å². The number of carbonyl (C=O) groups is 1. The van der Waals surface area contributed by atoms with Crippen LogP contribution in [0.2, 0.25) is 0 Å². The van der Waals surface area contributed by atoms with E-state index in [0.29, 0.717) is 22.9 Å². The lowest BCUT2D eigenvalue weighted by atomic mass is 10.1. The number of Topliss-reactive ketones (excluding diaryl/α,β-unsaturated/α-hetero) is 1. The molecule has 0 amide bonds. The molecule has 0 fully saturated rings. The first-order valence-electron chi connectivity index (χ1n) is 11.1. The van der Waals surface area contributed by atoms with Crippen molar-refractivity contribution in [3.63, 3.8) is 0 Å². The molecular formula is C26H25N5O2S. The average molecular weight is 472 g/mol. The van der Waals surface area contributed by atoms with Crippen LogP contribution >= 0.6 is 11.8 Å². The summed E-state index contributed by atoms with van der Waals surface area (Å²) >= 11 is 1.34. The second-order valence-electron chi connectivity index (χ2n) is 8.57. The lowest BCUT2D eigenvalue weighted by Gasteiger charge is -2.11. The molecule has 7 nitrogen and oxygen atoms in total. The third-order valence-corrected chi connectivity index (χ3v) is 7.28. The van der Waals surface area contributed by atoms with E-state index in [4.69, 9.17) is 0 Å². The van der Waals surface area contributed by atoms with E-state index in [9.17, 15) is 9.59 Å². The Morgan fingerprint density at radius 2 is 1.74 bits per heavy atom. The van der Waals surface area contributed by atoms with Crippen LogP contribution in [0.25, 0.3) is 16.7 Å². The number of benzene rings is 2. The normalized spacial score (nSPS) is 11.5. The summed E-state index contributed by atoms with van der Waals surface area (Å²) in [5, 5.41) is 9.92. The summed E-state index contributed by atoms with van der Waals surface area (Å²) in [5.41, 5.74) is 5.51. The molecule has 0 N–H and O–H groups in total. The number of nitrogens with zero attached hydrogens (tertiary/aromatic N) is 5. The molecular weight excluding hydrogens is 446 g/mol. The van der Waals surface area contributed by atoms with E-state index in [1.807, 2.05) is 91.4 Å². The van der Waals surface area contributed by atoms with E-state index in [2.05, 4.69) is 10.2 Å². The first-order chi connectivity index (χ1) is 16.3. The van der Waals surface area contributed by atoms with Crippen molar-refractivity contribution < 1.29 is 4.79 Å². The quantitative estimate of drug-likeness (QED) is 0.272. The maximum absolute atomic E-state index is 13.4. The SMILES string of the molecule is Cc1ccc(Cn2c(=O)c3ccccc3n3c(SCC(=O)c4cc(C)n(C)c4C)nnc23)cc1. The number of thioether (sulfide) groups is 1. The summed E-state index contributed by atoms with van der Waals surface area (Å²) in [4.78, 5) is 26.3. The van der Waals surface area contributed by atoms with Crippen LogP contribution in [0.15, 0.2) is 64.5 Å². The molecule has 0 aliphatic heterocycles. The lowest BCUT2D eigenvalue weighted by Crippen LogP contribution is -2.24. The van der Waals surface area contributed by atoms with Gasteiger partial charge in [0.2, 0.25) is 5.78 Å². The van der Waals surface area contributed by atoms with Gasteiger partial charge in [-0.2, -0.15) is 0 Å². The van der Waals surface area contributed by atoms with Crippen molar-refractivity contribution in [3.8, 4) is 0 Å². The van der Waals surface area contributed by atoms with Crippen LogP contribution in [0.3, 0.4) is 0 Å². The Hall–Kier alpha value is -3.65. The van der Waals surface area contributed by atoms with E-state index in [1.54, 1.807) is 4.57 Å². The van der Waals surface area contributed by atoms with E-state index in [1.165, 1.54) is 11.8 Å². The van der Waals surface area contributed by atoms with Crippen molar-refractivity contribution in [2.75, 3.05) is 5.75 Å². The van der Waals surface area contributed by atoms with Crippen LogP contribution in [0, 0.1) is 20.8 Å². The van der Waals surface area contributed by atoms with Gasteiger partial charge in [0.1, 0.15) is 0 Å². The largest absolute Gasteiger partial charge is 0.351 e. The predicted octanol–water partition coefficient (Wildman–Crippen LogP) is 4.33. The van der Waals surface area contributed by atoms with Crippen LogP contribution in [0.4, 0.5) is 0 Å². The second kappa shape index (κ2) is 8.61. The molecule has 0 saturated heterocycles. The number of fused-ring (bicyclic) bond motifs is 3. The molecule has 0 aliphatic rings. The van der Waals surface area contributed by atoms with Gasteiger partial charge < -0.3 is 4.57 Å². The van der Waals surface area contributed by atoms with Gasteiger partial charge in [0, 0.05) is 24.0 Å². The highest BCUT2D eigenvalue weighted by atomic mass is 32.2. The van der Waals surface area contributed by atoms with Crippen molar-refractivity contribution >= 4 is 34.2 Å². The smallest absolute Gasteiger partial charge is 0.263 e. The van der Waals surface area contributed by atoms with Crippen molar-refractivity contribution in [2.45, 2.75) is 32.5 Å². The summed E-state index contributed by atoms with van der Waals surface area (Å²) < 4.78 is 5.55. The average Bonchev–Trinajstić information content (AvgIpc) is 3.38. The summed E-state index contributed by atoms with van der Waals surface area (Å²) in [6.07, 6.45) is 0. The Bertz CT molecular complexity index is 1610. The van der Waals surface area contributed by atoms with Crippen LogP contribution in [-0.4, -0.2) is 35.3 Å². The first-order valence-corrected chi connectivity index (χ1v) is 12.0. The molecule has 2 aromatic carbocycles. The molecule has 34 heavy (non-hydrogen) atoms. The number of para-hydroxylation sites is 1. The van der Waals surface area contributed by atoms with Gasteiger partial charge in [-0.25, -0.2) is 0 Å². The number of aryl methyl sites for hydroxylation is 2. The predicted molar refractivity (Wildman–Crippen MR) is 135 cm³/mol. The van der Waals surface area contributed by atoms with Gasteiger partial charge in [-0.1, -0.05) is 53.7 Å². The van der Waals surface area contributed by atoms with E-state index in [0.717, 1.165) is 33.6 Å². The Kier molecular flexibility index (Phi) is 5.61. The first kappa shape index (κ1) is 22.2. The fourth-order valence-corrected chi connectivity index (χ4v) is 5.01. The highest BCUT2D eigenvalue weighted by Crippen LogP contribution is 2.24. The fourth-order valence-electron chi connectivity index (χ4n) is 4.19. The Morgan fingerprint density at radius 3 is 2.44 bits per heavy atom. The molecule has 8 heteroatoms. The zero-order chi connectivity index (χ0) is 24.0. The number of ketones is 1. The minimum atomic E-state index is -0.112. The second-order valence-corrected chi connectivity index (χ2v) is 9.51. The number of hydrogen-bond donors (Lipinski definition) is 0. The zero-order valence-electron chi connectivity index (χ0n) is 19.6. The molecule has 172 valence electrons. The van der Waals surface area contributed by atoms with Crippen LogP contribution < -0.4 is 5.56 Å². The van der Waals surface area contributed by atoms with Gasteiger partial charge in [0.15, 0.2) is 10.9 Å². The molecule has 3 heterocycles. The third-order valence-electron chi connectivity index (χ3n) is 6.35. The van der Waals surface area contributed by atoms with Crippen LogP contribution in [0.1, 0.15) is 32.9 Å². The van der Waals surface area contributed by atoms with Gasteiger partial charge in [-0.3, -0.25) is 18.6 Å². The van der Waals surface area contributed by atoms with Crippen molar-refractivity contribution in [2.24, 2.45) is 7.05 Å². The molecule has 0 bridgehead atoms. The summed E-state index contributed by atoms with van der Waals surface area (Å²) in [6, 6.07) is 17.5. The Labute approximate surface area is 201 Å². The minimum absolute atomic E-state index is 0.0419. The molecule has 5 aromatic rings. The molecule has 3 aromatic heterocycles. The number of hydrogen-bond acceptors (Lipinski definition) is 5. The Morgan fingerprint density at radius 1 is 1.00 bits per heavy atom. The van der Waals surface area contributed by atoms with Crippen LogP contribution in [0.5, 0.6) is 0 Å². The molecule has 0 atom stereocenters. The standard InChI is InChI=1S/C26H25N5O2S/c1-16-9-11-19(12-10-16)14-30-24(33)20-7-5-6-8-22(20)31-25(30)27-28-26(31)34-15-23(32)21-13-17(2)29(4)18(21)3/h5-13H,14-15H2,1-4H3. The summed E-state index contributed by atoms with van der Waals surface area (Å²) in [5.74, 6) is 0.738. The van der Waals surface area contributed by atoms with Gasteiger partial charge in [0.25, 0.3) is 5.56 Å². The van der Waals surface area contributed by atoms with Gasteiger partial charge in [0.05, 0.1) is 23.2 Å². The number of aromatic nitrogens is 5. The highest BCUT2D eigenvalue weighted by Gasteiger charge is 2.19. The molecule has 0 radical (unpaired) electrons. The van der Waals surface area contributed by atoms with Crippen molar-refractivity contribution in [3.05, 3.63) is 93.0 Å². The maximum Gasteiger partial charge on any atom is 0.263 e. The maximum atomic E-state index is 13.4. The Balaban J connectivity index is 1.56. The molecule has 0 saturated carbocycles. The number of carbonyl (C=O) groups excluding carboxylic acids is 1. The van der Waals surface area contributed by atoms with Gasteiger partial charge in [-0.05, 0) is 44.5 Å².